The number of carbonyl (C=O) groups excluding carboxylic acids is 1. The van der Waals surface area contributed by atoms with Crippen molar-refractivity contribution in [3.63, 3.8) is 0 Å². The molecular formula is C27H24F2N4O. The van der Waals surface area contributed by atoms with Crippen LogP contribution in [0.4, 0.5) is 20.3 Å². The summed E-state index contributed by atoms with van der Waals surface area (Å²) in [4.78, 5) is 19.6. The molecule has 0 aliphatic carbocycles. The van der Waals surface area contributed by atoms with Gasteiger partial charge in [0, 0.05) is 30.8 Å². The minimum atomic E-state index is -0.323. The summed E-state index contributed by atoms with van der Waals surface area (Å²) in [7, 11) is 0. The zero-order chi connectivity index (χ0) is 23.5. The topological polar surface area (TPSA) is 50.2 Å². The molecule has 0 radical (unpaired) electrons. The van der Waals surface area contributed by atoms with Crippen LogP contribution >= 0.6 is 0 Å². The fraction of sp³-hybridized carbons (Fsp3) is 0.185. The standard InChI is InChI=1S/C27H24F2N4O/c28-21-9-7-20(8-10-21)26-27(30-23-13-11-22(29)12-14-23)33-17-16-32(18-24(33)31-26)25(34)15-6-19-4-2-1-3-5-19/h1-5,7-14,30H,6,15-18H2. The van der Waals surface area contributed by atoms with Gasteiger partial charge < -0.3 is 14.8 Å². The number of hydrogen-bond donors (Lipinski definition) is 1. The average molecular weight is 459 g/mol. The highest BCUT2D eigenvalue weighted by atomic mass is 19.1. The van der Waals surface area contributed by atoms with Crippen LogP contribution in [0.1, 0.15) is 17.8 Å². The monoisotopic (exact) mass is 458 g/mol. The van der Waals surface area contributed by atoms with Gasteiger partial charge in [0.2, 0.25) is 5.91 Å². The second-order valence-corrected chi connectivity index (χ2v) is 8.32. The minimum Gasteiger partial charge on any atom is -0.340 e. The number of aryl methyl sites for hydroxylation is 1. The third kappa shape index (κ3) is 4.69. The van der Waals surface area contributed by atoms with Gasteiger partial charge in [0.05, 0.1) is 6.54 Å². The van der Waals surface area contributed by atoms with E-state index in [9.17, 15) is 13.6 Å². The summed E-state index contributed by atoms with van der Waals surface area (Å²) in [6.45, 7) is 1.54. The van der Waals surface area contributed by atoms with E-state index in [1.54, 1.807) is 24.3 Å². The number of rotatable bonds is 6. The fourth-order valence-corrected chi connectivity index (χ4v) is 4.20. The zero-order valence-electron chi connectivity index (χ0n) is 18.5. The lowest BCUT2D eigenvalue weighted by atomic mass is 10.1. The third-order valence-corrected chi connectivity index (χ3v) is 6.02. The van der Waals surface area contributed by atoms with Gasteiger partial charge in [-0.3, -0.25) is 4.79 Å². The largest absolute Gasteiger partial charge is 0.340 e. The van der Waals surface area contributed by atoms with Gasteiger partial charge in [-0.05, 0) is 60.5 Å². The zero-order valence-corrected chi connectivity index (χ0v) is 18.5. The van der Waals surface area contributed by atoms with Gasteiger partial charge in [-0.2, -0.15) is 0 Å². The highest BCUT2D eigenvalue weighted by molar-refractivity contribution is 5.78. The van der Waals surface area contributed by atoms with Crippen LogP contribution in [0.5, 0.6) is 0 Å². The van der Waals surface area contributed by atoms with E-state index in [1.807, 2.05) is 39.8 Å². The molecule has 172 valence electrons. The second kappa shape index (κ2) is 9.47. The van der Waals surface area contributed by atoms with Crippen molar-refractivity contribution in [1.29, 1.82) is 0 Å². The predicted molar refractivity (Wildman–Crippen MR) is 127 cm³/mol. The van der Waals surface area contributed by atoms with Gasteiger partial charge in [0.1, 0.15) is 29.0 Å². The Hall–Kier alpha value is -4.00. The Morgan fingerprint density at radius 3 is 2.26 bits per heavy atom. The van der Waals surface area contributed by atoms with Crippen LogP contribution in [0.15, 0.2) is 78.9 Å². The maximum absolute atomic E-state index is 13.5. The smallest absolute Gasteiger partial charge is 0.223 e. The molecule has 1 aliphatic heterocycles. The molecule has 0 unspecified atom stereocenters. The summed E-state index contributed by atoms with van der Waals surface area (Å²) in [5.74, 6) is 0.947. The number of hydrogen-bond acceptors (Lipinski definition) is 3. The van der Waals surface area contributed by atoms with Crippen molar-refractivity contribution in [1.82, 2.24) is 14.5 Å². The van der Waals surface area contributed by atoms with Crippen LogP contribution in [0.25, 0.3) is 11.3 Å². The first-order valence-electron chi connectivity index (χ1n) is 11.3. The Bertz CT molecular complexity index is 1280. The number of carbonyl (C=O) groups is 1. The fourth-order valence-electron chi connectivity index (χ4n) is 4.20. The molecule has 0 atom stereocenters. The highest BCUT2D eigenvalue weighted by Crippen LogP contribution is 2.33. The normalized spacial score (nSPS) is 12.9. The number of fused-ring (bicyclic) bond motifs is 1. The molecule has 1 amide bonds. The molecule has 0 bridgehead atoms. The van der Waals surface area contributed by atoms with Gasteiger partial charge in [0.15, 0.2) is 0 Å². The Balaban J connectivity index is 1.40. The van der Waals surface area contributed by atoms with Crippen molar-refractivity contribution >= 4 is 17.4 Å². The molecule has 2 heterocycles. The first-order valence-corrected chi connectivity index (χ1v) is 11.3. The summed E-state index contributed by atoms with van der Waals surface area (Å²) in [5.41, 5.74) is 3.28. The van der Waals surface area contributed by atoms with Gasteiger partial charge in [0.25, 0.3) is 0 Å². The first kappa shape index (κ1) is 21.8. The van der Waals surface area contributed by atoms with E-state index in [4.69, 9.17) is 4.98 Å². The summed E-state index contributed by atoms with van der Waals surface area (Å²) >= 11 is 0. The van der Waals surface area contributed by atoms with Crippen molar-refractivity contribution < 1.29 is 13.6 Å². The number of nitrogens with one attached hydrogen (secondary N) is 1. The lowest BCUT2D eigenvalue weighted by molar-refractivity contribution is -0.132. The molecule has 7 heteroatoms. The molecule has 3 aromatic carbocycles. The molecule has 5 rings (SSSR count). The summed E-state index contributed by atoms with van der Waals surface area (Å²) in [5, 5.41) is 3.35. The molecule has 1 aliphatic rings. The second-order valence-electron chi connectivity index (χ2n) is 8.32. The van der Waals surface area contributed by atoms with Crippen molar-refractivity contribution in [2.45, 2.75) is 25.9 Å². The lowest BCUT2D eigenvalue weighted by Gasteiger charge is -2.28. The number of aromatic nitrogens is 2. The Labute approximate surface area is 196 Å². The van der Waals surface area contributed by atoms with E-state index in [0.717, 1.165) is 22.8 Å². The number of amides is 1. The SMILES string of the molecule is O=C(CCc1ccccc1)N1CCn2c(nc(-c3ccc(F)cc3)c2Nc2ccc(F)cc2)C1. The Kier molecular flexibility index (Phi) is 6.08. The van der Waals surface area contributed by atoms with Crippen molar-refractivity contribution in [3.05, 3.63) is 102 Å². The summed E-state index contributed by atoms with van der Waals surface area (Å²) < 4.78 is 29.0. The Morgan fingerprint density at radius 1 is 0.882 bits per heavy atom. The van der Waals surface area contributed by atoms with Crippen molar-refractivity contribution in [3.8, 4) is 11.3 Å². The highest BCUT2D eigenvalue weighted by Gasteiger charge is 2.27. The molecule has 0 saturated heterocycles. The molecule has 0 saturated carbocycles. The molecule has 5 nitrogen and oxygen atoms in total. The quantitative estimate of drug-likeness (QED) is 0.412. The van der Waals surface area contributed by atoms with Gasteiger partial charge in [-0.25, -0.2) is 13.8 Å². The number of benzene rings is 3. The summed E-state index contributed by atoms with van der Waals surface area (Å²) in [6, 6.07) is 22.2. The van der Waals surface area contributed by atoms with E-state index in [-0.39, 0.29) is 17.5 Å². The van der Waals surface area contributed by atoms with E-state index in [2.05, 4.69) is 5.32 Å². The Morgan fingerprint density at radius 2 is 1.56 bits per heavy atom. The van der Waals surface area contributed by atoms with Crippen LogP contribution < -0.4 is 5.32 Å². The van der Waals surface area contributed by atoms with Crippen LogP contribution in [0.2, 0.25) is 0 Å². The van der Waals surface area contributed by atoms with Crippen molar-refractivity contribution in [2.75, 3.05) is 11.9 Å². The molecule has 34 heavy (non-hydrogen) atoms. The van der Waals surface area contributed by atoms with Gasteiger partial charge in [-0.15, -0.1) is 0 Å². The maximum atomic E-state index is 13.5. The molecule has 0 fully saturated rings. The first-order chi connectivity index (χ1) is 16.6. The number of anilines is 2. The van der Waals surface area contributed by atoms with Crippen LogP contribution in [0.3, 0.4) is 0 Å². The van der Waals surface area contributed by atoms with Crippen LogP contribution in [0, 0.1) is 11.6 Å². The maximum Gasteiger partial charge on any atom is 0.223 e. The molecule has 4 aromatic rings. The van der Waals surface area contributed by atoms with Crippen LogP contribution in [-0.2, 0) is 24.3 Å². The lowest BCUT2D eigenvalue weighted by Crippen LogP contribution is -2.38. The van der Waals surface area contributed by atoms with E-state index in [1.165, 1.54) is 24.3 Å². The van der Waals surface area contributed by atoms with E-state index < -0.39 is 0 Å². The van der Waals surface area contributed by atoms with Gasteiger partial charge in [-0.1, -0.05) is 30.3 Å². The predicted octanol–water partition coefficient (Wildman–Crippen LogP) is 5.55. The van der Waals surface area contributed by atoms with E-state index >= 15 is 0 Å². The molecular weight excluding hydrogens is 434 g/mol. The molecule has 0 spiro atoms. The molecule has 1 aromatic heterocycles. The van der Waals surface area contributed by atoms with Crippen molar-refractivity contribution in [2.24, 2.45) is 0 Å². The number of imidazole rings is 1. The number of nitrogens with zero attached hydrogens (tertiary/aromatic N) is 3. The van der Waals surface area contributed by atoms with E-state index in [0.29, 0.717) is 43.9 Å². The minimum absolute atomic E-state index is 0.0921. The third-order valence-electron chi connectivity index (χ3n) is 6.02. The molecule has 1 N–H and O–H groups in total. The summed E-state index contributed by atoms with van der Waals surface area (Å²) in [6.07, 6.45) is 1.14. The average Bonchev–Trinajstić information content (AvgIpc) is 3.22. The number of halogens is 2. The van der Waals surface area contributed by atoms with Gasteiger partial charge >= 0.3 is 0 Å². The van der Waals surface area contributed by atoms with Crippen LogP contribution in [-0.4, -0.2) is 26.9 Å².